The highest BCUT2D eigenvalue weighted by atomic mass is 79.9. The maximum Gasteiger partial charge on any atom is 0.235 e. The molecule has 0 saturated heterocycles. The van der Waals surface area contributed by atoms with Gasteiger partial charge >= 0.3 is 0 Å². The molecule has 7 heteroatoms. The predicted octanol–water partition coefficient (Wildman–Crippen LogP) is 3.06. The molecule has 0 atom stereocenters. The van der Waals surface area contributed by atoms with Crippen LogP contribution in [0.5, 0.6) is 0 Å². The largest absolute Gasteiger partial charge is 0.378 e. The van der Waals surface area contributed by atoms with Crippen LogP contribution in [0.4, 0.5) is 10.1 Å². The maximum atomic E-state index is 13.4. The average Bonchev–Trinajstić information content (AvgIpc) is 2.24. The molecule has 0 saturated carbocycles. The van der Waals surface area contributed by atoms with Gasteiger partial charge in [-0.15, -0.1) is 0 Å². The predicted molar refractivity (Wildman–Crippen MR) is 77.3 cm³/mol. The molecular formula is C12H17BrFNO3S. The minimum Gasteiger partial charge on any atom is -0.378 e. The van der Waals surface area contributed by atoms with Gasteiger partial charge in [-0.25, -0.2) is 12.8 Å². The van der Waals surface area contributed by atoms with Crippen LogP contribution in [0, 0.1) is 12.7 Å². The summed E-state index contributed by atoms with van der Waals surface area (Å²) in [6.07, 6.45) is -0.0259. The number of anilines is 1. The van der Waals surface area contributed by atoms with Gasteiger partial charge in [0.15, 0.2) is 0 Å². The zero-order valence-electron chi connectivity index (χ0n) is 11.0. The average molecular weight is 354 g/mol. The van der Waals surface area contributed by atoms with Crippen molar-refractivity contribution in [3.8, 4) is 0 Å². The minimum atomic E-state index is -3.54. The van der Waals surface area contributed by atoms with Crippen LogP contribution in [0.25, 0.3) is 0 Å². The van der Waals surface area contributed by atoms with E-state index < -0.39 is 15.8 Å². The van der Waals surface area contributed by atoms with E-state index in [9.17, 15) is 12.8 Å². The Labute approximate surface area is 121 Å². The molecule has 0 fully saturated rings. The topological polar surface area (TPSA) is 55.4 Å². The molecule has 0 amide bonds. The van der Waals surface area contributed by atoms with Crippen LogP contribution >= 0.6 is 15.9 Å². The Morgan fingerprint density at radius 1 is 1.42 bits per heavy atom. The van der Waals surface area contributed by atoms with E-state index in [1.807, 2.05) is 13.8 Å². The zero-order valence-corrected chi connectivity index (χ0v) is 13.4. The van der Waals surface area contributed by atoms with Crippen molar-refractivity contribution < 1.29 is 17.5 Å². The highest BCUT2D eigenvalue weighted by Crippen LogP contribution is 2.24. The van der Waals surface area contributed by atoms with Gasteiger partial charge in [0, 0.05) is 0 Å². The first kappa shape index (κ1) is 16.4. The van der Waals surface area contributed by atoms with Crippen molar-refractivity contribution in [2.24, 2.45) is 0 Å². The molecular weight excluding hydrogens is 337 g/mol. The standard InChI is InChI=1S/C12H17BrFNO3S/c1-8(2)18-4-5-19(16,17)15-12-7-11(14)10(13)6-9(12)3/h6-8,15H,4-5H2,1-3H3. The smallest absolute Gasteiger partial charge is 0.235 e. The Hall–Kier alpha value is -0.660. The Morgan fingerprint density at radius 3 is 2.63 bits per heavy atom. The summed E-state index contributed by atoms with van der Waals surface area (Å²) in [5, 5.41) is 0. The second kappa shape index (κ2) is 6.67. The minimum absolute atomic E-state index is 0.0259. The van der Waals surface area contributed by atoms with E-state index in [-0.39, 0.29) is 24.2 Å². The second-order valence-corrected chi connectivity index (χ2v) is 7.12. The van der Waals surface area contributed by atoms with Crippen molar-refractivity contribution >= 4 is 31.6 Å². The number of hydrogen-bond acceptors (Lipinski definition) is 3. The first-order valence-electron chi connectivity index (χ1n) is 5.79. The number of benzene rings is 1. The molecule has 1 aromatic rings. The van der Waals surface area contributed by atoms with Crippen LogP contribution in [0.3, 0.4) is 0 Å². The molecule has 0 spiro atoms. The lowest BCUT2D eigenvalue weighted by Crippen LogP contribution is -2.22. The van der Waals surface area contributed by atoms with Gasteiger partial charge in [0.25, 0.3) is 0 Å². The molecule has 0 aliphatic carbocycles. The third-order valence-corrected chi connectivity index (χ3v) is 4.18. The molecule has 0 bridgehead atoms. The molecule has 1 N–H and O–H groups in total. The van der Waals surface area contributed by atoms with Gasteiger partial charge in [0.1, 0.15) is 5.82 Å². The van der Waals surface area contributed by atoms with E-state index in [2.05, 4.69) is 20.7 Å². The molecule has 0 unspecified atom stereocenters. The summed E-state index contributed by atoms with van der Waals surface area (Å²) in [6, 6.07) is 2.68. The van der Waals surface area contributed by atoms with Gasteiger partial charge < -0.3 is 4.74 Å². The lowest BCUT2D eigenvalue weighted by Gasteiger charge is -2.12. The SMILES string of the molecule is Cc1cc(Br)c(F)cc1NS(=O)(=O)CCOC(C)C. The fraction of sp³-hybridized carbons (Fsp3) is 0.500. The first-order valence-corrected chi connectivity index (χ1v) is 8.23. The molecule has 108 valence electrons. The molecule has 0 heterocycles. The van der Waals surface area contributed by atoms with E-state index >= 15 is 0 Å². The van der Waals surface area contributed by atoms with Crippen LogP contribution in [0.1, 0.15) is 19.4 Å². The summed E-state index contributed by atoms with van der Waals surface area (Å²) in [6.45, 7) is 5.46. The summed E-state index contributed by atoms with van der Waals surface area (Å²) in [4.78, 5) is 0. The van der Waals surface area contributed by atoms with Crippen LogP contribution < -0.4 is 4.72 Å². The van der Waals surface area contributed by atoms with Gasteiger partial charge in [-0.05, 0) is 54.4 Å². The lowest BCUT2D eigenvalue weighted by molar-refractivity contribution is 0.0913. The number of rotatable bonds is 6. The summed E-state index contributed by atoms with van der Waals surface area (Å²) < 4.78 is 44.8. The fourth-order valence-corrected chi connectivity index (χ4v) is 2.80. The summed E-state index contributed by atoms with van der Waals surface area (Å²) in [5.74, 6) is -0.677. The highest BCUT2D eigenvalue weighted by Gasteiger charge is 2.14. The number of hydrogen-bond donors (Lipinski definition) is 1. The van der Waals surface area contributed by atoms with E-state index in [4.69, 9.17) is 4.74 Å². The third kappa shape index (κ3) is 5.46. The Morgan fingerprint density at radius 2 is 2.05 bits per heavy atom. The highest BCUT2D eigenvalue weighted by molar-refractivity contribution is 9.10. The lowest BCUT2D eigenvalue weighted by atomic mass is 10.2. The number of aryl methyl sites for hydroxylation is 1. The van der Waals surface area contributed by atoms with Crippen molar-refractivity contribution in [1.82, 2.24) is 0 Å². The zero-order chi connectivity index (χ0) is 14.6. The molecule has 1 rings (SSSR count). The third-order valence-electron chi connectivity index (χ3n) is 2.34. The van der Waals surface area contributed by atoms with Crippen molar-refractivity contribution in [3.05, 3.63) is 28.0 Å². The normalized spacial score (nSPS) is 11.9. The van der Waals surface area contributed by atoms with Crippen molar-refractivity contribution in [2.75, 3.05) is 17.1 Å². The summed E-state index contributed by atoms with van der Waals surface area (Å²) >= 11 is 3.05. The molecule has 0 radical (unpaired) electrons. The van der Waals surface area contributed by atoms with Crippen molar-refractivity contribution in [2.45, 2.75) is 26.9 Å². The van der Waals surface area contributed by atoms with E-state index in [0.717, 1.165) is 6.07 Å². The number of halogens is 2. The Bertz CT molecular complexity index is 546. The number of ether oxygens (including phenoxy) is 1. The second-order valence-electron chi connectivity index (χ2n) is 4.42. The molecule has 0 aliphatic heterocycles. The number of sulfonamides is 1. The van der Waals surface area contributed by atoms with Gasteiger partial charge in [-0.2, -0.15) is 0 Å². The van der Waals surface area contributed by atoms with E-state index in [1.165, 1.54) is 6.07 Å². The first-order chi connectivity index (χ1) is 8.71. The molecule has 19 heavy (non-hydrogen) atoms. The quantitative estimate of drug-likeness (QED) is 0.854. The van der Waals surface area contributed by atoms with E-state index in [1.54, 1.807) is 6.92 Å². The number of nitrogens with one attached hydrogen (secondary N) is 1. The molecule has 0 aromatic heterocycles. The summed E-state index contributed by atoms with van der Waals surface area (Å²) in [5.41, 5.74) is 0.881. The molecule has 1 aromatic carbocycles. The van der Waals surface area contributed by atoms with Gasteiger partial charge in [0.2, 0.25) is 10.0 Å². The van der Waals surface area contributed by atoms with Gasteiger partial charge in [0.05, 0.1) is 28.6 Å². The van der Waals surface area contributed by atoms with Crippen molar-refractivity contribution in [1.29, 1.82) is 0 Å². The Balaban J connectivity index is 2.76. The van der Waals surface area contributed by atoms with Gasteiger partial charge in [-0.1, -0.05) is 0 Å². The monoisotopic (exact) mass is 353 g/mol. The molecule has 4 nitrogen and oxygen atoms in total. The van der Waals surface area contributed by atoms with Gasteiger partial charge in [-0.3, -0.25) is 4.72 Å². The fourth-order valence-electron chi connectivity index (χ4n) is 1.37. The Kier molecular flexibility index (Phi) is 5.76. The summed E-state index contributed by atoms with van der Waals surface area (Å²) in [7, 11) is -3.54. The van der Waals surface area contributed by atoms with E-state index in [0.29, 0.717) is 10.0 Å². The molecule has 0 aliphatic rings. The van der Waals surface area contributed by atoms with Crippen LogP contribution in [0.15, 0.2) is 16.6 Å². The van der Waals surface area contributed by atoms with Crippen LogP contribution in [0.2, 0.25) is 0 Å². The maximum absolute atomic E-state index is 13.4. The van der Waals surface area contributed by atoms with Crippen LogP contribution in [-0.2, 0) is 14.8 Å². The van der Waals surface area contributed by atoms with Crippen LogP contribution in [-0.4, -0.2) is 26.9 Å². The van der Waals surface area contributed by atoms with Crippen molar-refractivity contribution in [3.63, 3.8) is 0 Å².